The van der Waals surface area contributed by atoms with E-state index in [9.17, 15) is 9.59 Å². The standard InChI is InChI=1S/C14H19N3O3/c1-8-7-9(2)16-14(12(8)13(15)20)17(10-3-4-10)6-5-11(18)19/h7,10H,3-6H2,1-2H3,(H2,15,20)(H,18,19). The molecule has 1 heterocycles. The Balaban J connectivity index is 2.41. The van der Waals surface area contributed by atoms with Crippen LogP contribution in [0.1, 0.15) is 40.9 Å². The quantitative estimate of drug-likeness (QED) is 0.815. The number of carbonyl (C=O) groups is 2. The van der Waals surface area contributed by atoms with Crippen molar-refractivity contribution >= 4 is 17.7 Å². The molecule has 0 radical (unpaired) electrons. The number of carboxylic acids is 1. The van der Waals surface area contributed by atoms with Crippen LogP contribution in [-0.4, -0.2) is 34.6 Å². The number of primary amides is 1. The Morgan fingerprint density at radius 1 is 1.45 bits per heavy atom. The fourth-order valence-corrected chi connectivity index (χ4v) is 2.39. The molecule has 20 heavy (non-hydrogen) atoms. The molecule has 1 aliphatic carbocycles. The maximum Gasteiger partial charge on any atom is 0.305 e. The first-order valence-electron chi connectivity index (χ1n) is 6.66. The average Bonchev–Trinajstić information content (AvgIpc) is 3.11. The molecular formula is C14H19N3O3. The summed E-state index contributed by atoms with van der Waals surface area (Å²) in [6, 6.07) is 2.08. The molecule has 6 heteroatoms. The lowest BCUT2D eigenvalue weighted by atomic mass is 10.1. The van der Waals surface area contributed by atoms with E-state index in [-0.39, 0.29) is 12.5 Å². The van der Waals surface area contributed by atoms with Crippen molar-refractivity contribution in [3.8, 4) is 0 Å². The van der Waals surface area contributed by atoms with Crippen LogP contribution >= 0.6 is 0 Å². The van der Waals surface area contributed by atoms with E-state index in [4.69, 9.17) is 10.8 Å². The number of pyridine rings is 1. The third-order valence-corrected chi connectivity index (χ3v) is 3.40. The number of anilines is 1. The third-order valence-electron chi connectivity index (χ3n) is 3.40. The highest BCUT2D eigenvalue weighted by molar-refractivity contribution is 5.99. The molecule has 0 bridgehead atoms. The minimum Gasteiger partial charge on any atom is -0.481 e. The van der Waals surface area contributed by atoms with Crippen molar-refractivity contribution in [1.29, 1.82) is 0 Å². The number of carbonyl (C=O) groups excluding carboxylic acids is 1. The van der Waals surface area contributed by atoms with Gasteiger partial charge in [0.15, 0.2) is 0 Å². The summed E-state index contributed by atoms with van der Waals surface area (Å²) in [4.78, 5) is 28.8. The minimum absolute atomic E-state index is 0.0172. The summed E-state index contributed by atoms with van der Waals surface area (Å²) < 4.78 is 0. The summed E-state index contributed by atoms with van der Waals surface area (Å²) in [5, 5.41) is 8.86. The molecule has 1 aromatic heterocycles. The zero-order valence-corrected chi connectivity index (χ0v) is 11.7. The Hall–Kier alpha value is -2.11. The average molecular weight is 277 g/mol. The van der Waals surface area contributed by atoms with Crippen molar-refractivity contribution < 1.29 is 14.7 Å². The van der Waals surface area contributed by atoms with Gasteiger partial charge in [0.1, 0.15) is 5.82 Å². The van der Waals surface area contributed by atoms with Crippen molar-refractivity contribution in [2.24, 2.45) is 5.73 Å². The first kappa shape index (κ1) is 14.3. The van der Waals surface area contributed by atoms with Crippen LogP contribution in [-0.2, 0) is 4.79 Å². The van der Waals surface area contributed by atoms with Crippen LogP contribution in [0.5, 0.6) is 0 Å². The van der Waals surface area contributed by atoms with E-state index < -0.39 is 11.9 Å². The van der Waals surface area contributed by atoms with Crippen molar-refractivity contribution in [1.82, 2.24) is 4.98 Å². The Bertz CT molecular complexity index is 553. The van der Waals surface area contributed by atoms with Gasteiger partial charge < -0.3 is 15.7 Å². The Morgan fingerprint density at radius 3 is 2.60 bits per heavy atom. The molecule has 0 unspecified atom stereocenters. The van der Waals surface area contributed by atoms with Gasteiger partial charge in [0.05, 0.1) is 12.0 Å². The molecule has 0 aliphatic heterocycles. The van der Waals surface area contributed by atoms with Crippen LogP contribution in [0.15, 0.2) is 6.07 Å². The van der Waals surface area contributed by atoms with Gasteiger partial charge in [-0.15, -0.1) is 0 Å². The number of carboxylic acid groups (broad SMARTS) is 1. The second-order valence-electron chi connectivity index (χ2n) is 5.21. The van der Waals surface area contributed by atoms with Crippen LogP contribution in [0.3, 0.4) is 0 Å². The monoisotopic (exact) mass is 277 g/mol. The molecule has 2 rings (SSSR count). The molecule has 0 aromatic carbocycles. The maximum absolute atomic E-state index is 11.7. The molecule has 0 spiro atoms. The van der Waals surface area contributed by atoms with E-state index in [1.165, 1.54) is 0 Å². The molecule has 3 N–H and O–H groups in total. The number of rotatable bonds is 6. The predicted octanol–water partition coefficient (Wildman–Crippen LogP) is 1.24. The van der Waals surface area contributed by atoms with Gasteiger partial charge in [0.25, 0.3) is 5.91 Å². The summed E-state index contributed by atoms with van der Waals surface area (Å²) in [7, 11) is 0. The lowest BCUT2D eigenvalue weighted by Crippen LogP contribution is -2.32. The minimum atomic E-state index is -0.861. The predicted molar refractivity (Wildman–Crippen MR) is 74.8 cm³/mol. The van der Waals surface area contributed by atoms with Crippen LogP contribution in [0.25, 0.3) is 0 Å². The highest BCUT2D eigenvalue weighted by Crippen LogP contribution is 2.33. The summed E-state index contributed by atoms with van der Waals surface area (Å²) in [6.45, 7) is 4.01. The first-order chi connectivity index (χ1) is 9.40. The topological polar surface area (TPSA) is 96.5 Å². The van der Waals surface area contributed by atoms with Crippen LogP contribution < -0.4 is 10.6 Å². The van der Waals surface area contributed by atoms with E-state index >= 15 is 0 Å². The van der Waals surface area contributed by atoms with Gasteiger partial charge >= 0.3 is 5.97 Å². The van der Waals surface area contributed by atoms with Gasteiger partial charge in [-0.3, -0.25) is 9.59 Å². The van der Waals surface area contributed by atoms with Gasteiger partial charge in [-0.2, -0.15) is 0 Å². The number of hydrogen-bond acceptors (Lipinski definition) is 4. The van der Waals surface area contributed by atoms with E-state index in [2.05, 4.69) is 4.98 Å². The van der Waals surface area contributed by atoms with Gasteiger partial charge in [0, 0.05) is 18.3 Å². The van der Waals surface area contributed by atoms with E-state index in [0.717, 1.165) is 24.1 Å². The largest absolute Gasteiger partial charge is 0.481 e. The van der Waals surface area contributed by atoms with Crippen LogP contribution in [0.2, 0.25) is 0 Å². The fraction of sp³-hybridized carbons (Fsp3) is 0.500. The third kappa shape index (κ3) is 3.07. The van der Waals surface area contributed by atoms with Gasteiger partial charge in [-0.05, 0) is 38.3 Å². The molecule has 0 saturated heterocycles. The number of aliphatic carboxylic acids is 1. The van der Waals surface area contributed by atoms with E-state index in [1.54, 1.807) is 0 Å². The normalized spacial score (nSPS) is 14.1. The zero-order valence-electron chi connectivity index (χ0n) is 11.7. The number of nitrogens with zero attached hydrogens (tertiary/aromatic N) is 2. The summed E-state index contributed by atoms with van der Waals surface area (Å²) in [6.07, 6.45) is 2.00. The number of hydrogen-bond donors (Lipinski definition) is 2. The summed E-state index contributed by atoms with van der Waals surface area (Å²) in [5.74, 6) is -0.856. The molecule has 1 saturated carbocycles. The van der Waals surface area contributed by atoms with Gasteiger partial charge in [0.2, 0.25) is 0 Å². The first-order valence-corrected chi connectivity index (χ1v) is 6.66. The van der Waals surface area contributed by atoms with Crippen molar-refractivity contribution in [2.45, 2.75) is 39.2 Å². The van der Waals surface area contributed by atoms with Crippen LogP contribution in [0.4, 0.5) is 5.82 Å². The van der Waals surface area contributed by atoms with Crippen molar-refractivity contribution in [3.63, 3.8) is 0 Å². The number of aryl methyl sites for hydroxylation is 2. The summed E-state index contributed by atoms with van der Waals surface area (Å²) >= 11 is 0. The Morgan fingerprint density at radius 2 is 2.10 bits per heavy atom. The Labute approximate surface area is 117 Å². The smallest absolute Gasteiger partial charge is 0.305 e. The number of amides is 1. The van der Waals surface area contributed by atoms with Crippen molar-refractivity contribution in [2.75, 3.05) is 11.4 Å². The highest BCUT2D eigenvalue weighted by atomic mass is 16.4. The number of aromatic nitrogens is 1. The molecule has 0 atom stereocenters. The fourth-order valence-electron chi connectivity index (χ4n) is 2.39. The van der Waals surface area contributed by atoms with Crippen LogP contribution in [0, 0.1) is 13.8 Å². The molecule has 6 nitrogen and oxygen atoms in total. The van der Waals surface area contributed by atoms with Gasteiger partial charge in [-0.25, -0.2) is 4.98 Å². The highest BCUT2D eigenvalue weighted by Gasteiger charge is 2.33. The molecule has 108 valence electrons. The SMILES string of the molecule is Cc1cc(C)c(C(N)=O)c(N(CCC(=O)O)C2CC2)n1. The second kappa shape index (κ2) is 5.48. The Kier molecular flexibility index (Phi) is 3.92. The molecule has 1 aliphatic rings. The van der Waals surface area contributed by atoms with E-state index in [0.29, 0.717) is 17.9 Å². The maximum atomic E-state index is 11.7. The van der Waals surface area contributed by atoms with E-state index in [1.807, 2.05) is 24.8 Å². The summed E-state index contributed by atoms with van der Waals surface area (Å²) in [5.41, 5.74) is 7.43. The molecule has 1 aromatic rings. The lowest BCUT2D eigenvalue weighted by Gasteiger charge is -2.25. The molecular weight excluding hydrogens is 258 g/mol. The molecule has 1 amide bonds. The zero-order chi connectivity index (χ0) is 14.9. The van der Waals surface area contributed by atoms with Crippen molar-refractivity contribution in [3.05, 3.63) is 22.9 Å². The second-order valence-corrected chi connectivity index (χ2v) is 5.21. The molecule has 1 fully saturated rings. The number of nitrogens with two attached hydrogens (primary N) is 1. The lowest BCUT2D eigenvalue weighted by molar-refractivity contribution is -0.136. The van der Waals surface area contributed by atoms with Gasteiger partial charge in [-0.1, -0.05) is 0 Å².